The number of carbonyl (C=O) groups excluding carboxylic acids is 1. The summed E-state index contributed by atoms with van der Waals surface area (Å²) in [6.07, 6.45) is 7.59. The lowest BCUT2D eigenvalue weighted by Crippen LogP contribution is -2.40. The van der Waals surface area contributed by atoms with Crippen molar-refractivity contribution in [1.82, 2.24) is 5.32 Å². The summed E-state index contributed by atoms with van der Waals surface area (Å²) in [5.41, 5.74) is 2.75. The molecule has 0 radical (unpaired) electrons. The van der Waals surface area contributed by atoms with Crippen molar-refractivity contribution >= 4 is 29.2 Å². The normalized spacial score (nSPS) is 15.4. The Morgan fingerprint density at radius 1 is 1.32 bits per heavy atom. The van der Waals surface area contributed by atoms with Gasteiger partial charge in [0.05, 0.1) is 6.42 Å². The van der Waals surface area contributed by atoms with Gasteiger partial charge in [-0.25, -0.2) is 0 Å². The fourth-order valence-corrected chi connectivity index (χ4v) is 3.09. The molecule has 1 aromatic rings. The molecule has 25 heavy (non-hydrogen) atoms. The van der Waals surface area contributed by atoms with Crippen LogP contribution in [0.4, 0.5) is 5.69 Å². The molecule has 0 spiro atoms. The number of benzene rings is 1. The molecular formula is C19H25ClN2O3. The van der Waals surface area contributed by atoms with Gasteiger partial charge in [0, 0.05) is 10.7 Å². The number of hydrogen-bond acceptors (Lipinski definition) is 3. The molecule has 6 heteroatoms. The maximum atomic E-state index is 12.2. The molecule has 1 atom stereocenters. The molecule has 0 saturated carbocycles. The van der Waals surface area contributed by atoms with Crippen LogP contribution in [-0.2, 0) is 9.59 Å². The van der Waals surface area contributed by atoms with E-state index in [2.05, 4.69) is 16.7 Å². The third-order valence-electron chi connectivity index (χ3n) is 4.45. The van der Waals surface area contributed by atoms with E-state index in [1.807, 2.05) is 6.92 Å². The van der Waals surface area contributed by atoms with Gasteiger partial charge in [0.15, 0.2) is 0 Å². The number of rotatable bonds is 8. The number of allylic oxidation sites excluding steroid dienone is 1. The van der Waals surface area contributed by atoms with Gasteiger partial charge in [-0.15, -0.1) is 0 Å². The fourth-order valence-electron chi connectivity index (χ4n) is 2.91. The van der Waals surface area contributed by atoms with Crippen LogP contribution in [0.5, 0.6) is 0 Å². The number of carboxylic acid groups (broad SMARTS) is 1. The lowest BCUT2D eigenvalue weighted by atomic mass is 9.97. The molecule has 0 aromatic heterocycles. The number of hydrogen-bond donors (Lipinski definition) is 3. The second kappa shape index (κ2) is 9.59. The molecule has 0 unspecified atom stereocenters. The summed E-state index contributed by atoms with van der Waals surface area (Å²) in [4.78, 5) is 23.6. The van der Waals surface area contributed by atoms with Crippen LogP contribution in [0.15, 0.2) is 29.8 Å². The van der Waals surface area contributed by atoms with Crippen molar-refractivity contribution < 1.29 is 14.7 Å². The maximum absolute atomic E-state index is 12.2. The highest BCUT2D eigenvalue weighted by Crippen LogP contribution is 2.23. The lowest BCUT2D eigenvalue weighted by Gasteiger charge is -2.17. The van der Waals surface area contributed by atoms with Crippen LogP contribution in [-0.4, -0.2) is 29.6 Å². The number of carbonyl (C=O) groups is 2. The van der Waals surface area contributed by atoms with Gasteiger partial charge in [-0.1, -0.05) is 29.3 Å². The Labute approximate surface area is 153 Å². The quantitative estimate of drug-likeness (QED) is 0.611. The first-order valence-electron chi connectivity index (χ1n) is 8.66. The van der Waals surface area contributed by atoms with Gasteiger partial charge in [0.1, 0.15) is 6.04 Å². The summed E-state index contributed by atoms with van der Waals surface area (Å²) in [5, 5.41) is 15.6. The molecule has 1 amide bonds. The molecule has 0 bridgehead atoms. The summed E-state index contributed by atoms with van der Waals surface area (Å²) in [5.74, 6) is -1.36. The van der Waals surface area contributed by atoms with E-state index in [1.165, 1.54) is 18.4 Å². The van der Waals surface area contributed by atoms with Crippen LogP contribution in [0.3, 0.4) is 0 Å². The van der Waals surface area contributed by atoms with E-state index in [9.17, 15) is 14.7 Å². The van der Waals surface area contributed by atoms with Crippen molar-refractivity contribution in [3.05, 3.63) is 40.4 Å². The SMILES string of the molecule is Cc1c(Cl)cccc1NC(=O)C[C@@H](NCCC1=CCCCC1)C(=O)O. The molecule has 0 heterocycles. The average Bonchev–Trinajstić information content (AvgIpc) is 2.59. The summed E-state index contributed by atoms with van der Waals surface area (Å²) < 4.78 is 0. The van der Waals surface area contributed by atoms with Crippen molar-refractivity contribution in [3.8, 4) is 0 Å². The molecule has 136 valence electrons. The van der Waals surface area contributed by atoms with Gasteiger partial charge >= 0.3 is 5.97 Å². The van der Waals surface area contributed by atoms with E-state index in [4.69, 9.17) is 11.6 Å². The minimum atomic E-state index is -1.02. The standard InChI is InChI=1S/C19H25ClN2O3/c1-13-15(20)8-5-9-16(13)22-18(23)12-17(19(24)25)21-11-10-14-6-3-2-4-7-14/h5-6,8-9,17,21H,2-4,7,10-12H2,1H3,(H,22,23)(H,24,25)/t17-/m1/s1. The molecular weight excluding hydrogens is 340 g/mol. The monoisotopic (exact) mass is 364 g/mol. The minimum absolute atomic E-state index is 0.125. The second-order valence-corrected chi connectivity index (χ2v) is 6.77. The average molecular weight is 365 g/mol. The van der Waals surface area contributed by atoms with Crippen molar-refractivity contribution in [2.45, 2.75) is 51.5 Å². The van der Waals surface area contributed by atoms with Crippen LogP contribution >= 0.6 is 11.6 Å². The number of halogens is 1. The van der Waals surface area contributed by atoms with Gasteiger partial charge in [-0.05, 0) is 63.3 Å². The van der Waals surface area contributed by atoms with Crippen LogP contribution in [0.25, 0.3) is 0 Å². The maximum Gasteiger partial charge on any atom is 0.321 e. The third kappa shape index (κ3) is 6.18. The fraction of sp³-hybridized carbons (Fsp3) is 0.474. The Morgan fingerprint density at radius 2 is 2.12 bits per heavy atom. The molecule has 3 N–H and O–H groups in total. The predicted octanol–water partition coefficient (Wildman–Crippen LogP) is 3.91. The number of amides is 1. The highest BCUT2D eigenvalue weighted by molar-refractivity contribution is 6.31. The van der Waals surface area contributed by atoms with Crippen molar-refractivity contribution in [2.75, 3.05) is 11.9 Å². The van der Waals surface area contributed by atoms with Crippen LogP contribution in [0, 0.1) is 6.92 Å². The van der Waals surface area contributed by atoms with E-state index in [-0.39, 0.29) is 12.3 Å². The van der Waals surface area contributed by atoms with Gasteiger partial charge in [0.25, 0.3) is 0 Å². The third-order valence-corrected chi connectivity index (χ3v) is 4.86. The Kier molecular flexibility index (Phi) is 7.47. The number of nitrogens with one attached hydrogen (secondary N) is 2. The lowest BCUT2D eigenvalue weighted by molar-refractivity contribution is -0.141. The van der Waals surface area contributed by atoms with Gasteiger partial charge < -0.3 is 15.7 Å². The first-order chi connectivity index (χ1) is 12.0. The first kappa shape index (κ1) is 19.5. The second-order valence-electron chi connectivity index (χ2n) is 6.37. The topological polar surface area (TPSA) is 78.4 Å². The molecule has 1 aromatic carbocycles. The molecule has 1 aliphatic carbocycles. The van der Waals surface area contributed by atoms with Crippen LogP contribution in [0.2, 0.25) is 5.02 Å². The van der Waals surface area contributed by atoms with Crippen LogP contribution < -0.4 is 10.6 Å². The molecule has 0 aliphatic heterocycles. The van der Waals surface area contributed by atoms with Crippen molar-refractivity contribution in [3.63, 3.8) is 0 Å². The molecule has 0 fully saturated rings. The highest BCUT2D eigenvalue weighted by Gasteiger charge is 2.21. The molecule has 5 nitrogen and oxygen atoms in total. The Morgan fingerprint density at radius 3 is 2.80 bits per heavy atom. The zero-order chi connectivity index (χ0) is 18.2. The molecule has 2 rings (SSSR count). The number of anilines is 1. The number of aliphatic carboxylic acids is 1. The van der Waals surface area contributed by atoms with Gasteiger partial charge in [-0.3, -0.25) is 9.59 Å². The largest absolute Gasteiger partial charge is 0.480 e. The predicted molar refractivity (Wildman–Crippen MR) is 100 cm³/mol. The highest BCUT2D eigenvalue weighted by atomic mass is 35.5. The van der Waals surface area contributed by atoms with Crippen LogP contribution in [0.1, 0.15) is 44.1 Å². The smallest absolute Gasteiger partial charge is 0.321 e. The molecule has 1 aliphatic rings. The van der Waals surface area contributed by atoms with E-state index in [1.54, 1.807) is 18.2 Å². The van der Waals surface area contributed by atoms with Gasteiger partial charge in [0.2, 0.25) is 5.91 Å². The summed E-state index contributed by atoms with van der Waals surface area (Å²) in [7, 11) is 0. The van der Waals surface area contributed by atoms with E-state index in [0.29, 0.717) is 17.3 Å². The Hall–Kier alpha value is -1.85. The summed E-state index contributed by atoms with van der Waals surface area (Å²) in [6.45, 7) is 2.37. The zero-order valence-electron chi connectivity index (χ0n) is 14.5. The first-order valence-corrected chi connectivity index (χ1v) is 9.04. The summed E-state index contributed by atoms with van der Waals surface area (Å²) >= 11 is 6.03. The zero-order valence-corrected chi connectivity index (χ0v) is 15.2. The van der Waals surface area contributed by atoms with Crippen molar-refractivity contribution in [2.24, 2.45) is 0 Å². The van der Waals surface area contributed by atoms with Crippen molar-refractivity contribution in [1.29, 1.82) is 0 Å². The van der Waals surface area contributed by atoms with E-state index < -0.39 is 12.0 Å². The van der Waals surface area contributed by atoms with E-state index in [0.717, 1.165) is 24.8 Å². The number of carboxylic acids is 1. The van der Waals surface area contributed by atoms with E-state index >= 15 is 0 Å². The summed E-state index contributed by atoms with van der Waals surface area (Å²) in [6, 6.07) is 4.34. The van der Waals surface area contributed by atoms with Gasteiger partial charge in [-0.2, -0.15) is 0 Å². The minimum Gasteiger partial charge on any atom is -0.480 e. The molecule has 0 saturated heterocycles. The Bertz CT molecular complexity index is 658. The Balaban J connectivity index is 1.85.